The van der Waals surface area contributed by atoms with Gasteiger partial charge in [-0.15, -0.1) is 0 Å². The largest absolute Gasteiger partial charge is 0.486 e. The van der Waals surface area contributed by atoms with Gasteiger partial charge < -0.3 is 4.74 Å². The molecule has 0 aliphatic rings. The van der Waals surface area contributed by atoms with Gasteiger partial charge in [0.2, 0.25) is 0 Å². The zero-order valence-corrected chi connectivity index (χ0v) is 17.2. The van der Waals surface area contributed by atoms with E-state index < -0.39 is 23.0 Å². The highest BCUT2D eigenvalue weighted by molar-refractivity contribution is 6.10. The van der Waals surface area contributed by atoms with Gasteiger partial charge in [-0.3, -0.25) is 14.3 Å². The zero-order chi connectivity index (χ0) is 22.8. The monoisotopic (exact) mass is 442 g/mol. The molecule has 8 heteroatoms. The van der Waals surface area contributed by atoms with Crippen LogP contribution in [-0.4, -0.2) is 25.3 Å². The smallest absolute Gasteiger partial charge is 0.199 e. The van der Waals surface area contributed by atoms with Crippen molar-refractivity contribution in [1.82, 2.24) is 19.5 Å². The van der Waals surface area contributed by atoms with Gasteiger partial charge in [-0.1, -0.05) is 30.3 Å². The van der Waals surface area contributed by atoms with Gasteiger partial charge in [0.15, 0.2) is 23.2 Å². The van der Waals surface area contributed by atoms with Gasteiger partial charge in [0.25, 0.3) is 0 Å². The number of hydrogen-bond donors (Lipinski definition) is 0. The van der Waals surface area contributed by atoms with Gasteiger partial charge in [0.1, 0.15) is 18.8 Å². The van der Waals surface area contributed by atoms with Crippen molar-refractivity contribution in [2.45, 2.75) is 6.61 Å². The van der Waals surface area contributed by atoms with Crippen molar-refractivity contribution in [3.05, 3.63) is 114 Å². The zero-order valence-electron chi connectivity index (χ0n) is 17.2. The lowest BCUT2D eigenvalue weighted by Crippen LogP contribution is -2.10. The van der Waals surface area contributed by atoms with E-state index in [2.05, 4.69) is 15.0 Å². The maximum Gasteiger partial charge on any atom is 0.199 e. The third-order valence-electron chi connectivity index (χ3n) is 5.08. The molecule has 0 saturated heterocycles. The van der Waals surface area contributed by atoms with E-state index in [1.165, 1.54) is 18.2 Å². The highest BCUT2D eigenvalue weighted by Crippen LogP contribution is 2.27. The Morgan fingerprint density at radius 2 is 1.85 bits per heavy atom. The van der Waals surface area contributed by atoms with Crippen molar-refractivity contribution in [1.29, 1.82) is 0 Å². The quantitative estimate of drug-likeness (QED) is 0.350. The Labute approximate surface area is 187 Å². The number of halogens is 2. The molecule has 0 aliphatic carbocycles. The molecule has 0 N–H and O–H groups in total. The number of aromatic nitrogens is 4. The Morgan fingerprint density at radius 1 is 1.00 bits per heavy atom. The number of rotatable bonds is 6. The van der Waals surface area contributed by atoms with Crippen LogP contribution < -0.4 is 4.74 Å². The first kappa shape index (κ1) is 20.4. The molecule has 0 amide bonds. The van der Waals surface area contributed by atoms with Crippen LogP contribution in [0.2, 0.25) is 0 Å². The van der Waals surface area contributed by atoms with E-state index in [0.29, 0.717) is 16.9 Å². The van der Waals surface area contributed by atoms with Crippen molar-refractivity contribution in [3.63, 3.8) is 0 Å². The molecule has 0 aliphatic heterocycles. The van der Waals surface area contributed by atoms with Crippen molar-refractivity contribution >= 4 is 16.8 Å². The van der Waals surface area contributed by atoms with Crippen LogP contribution in [0, 0.1) is 11.6 Å². The van der Waals surface area contributed by atoms with Crippen LogP contribution in [0.25, 0.3) is 16.9 Å². The normalized spacial score (nSPS) is 11.0. The SMILES string of the molecule is O=C(c1ccc2ncc(-n3ccnc3)nc2c1)c1c(F)ccc(OCc2ccccc2)c1F. The van der Waals surface area contributed by atoms with E-state index in [1.807, 2.05) is 30.3 Å². The molecular formula is C25H16F2N4O2. The topological polar surface area (TPSA) is 69.9 Å². The Balaban J connectivity index is 1.48. The summed E-state index contributed by atoms with van der Waals surface area (Å²) in [6.45, 7) is 0.0829. The average molecular weight is 442 g/mol. The maximum atomic E-state index is 15.1. The van der Waals surface area contributed by atoms with Crippen molar-refractivity contribution < 1.29 is 18.3 Å². The number of carbonyl (C=O) groups is 1. The predicted octanol–water partition coefficient (Wildman–Crippen LogP) is 4.90. The molecule has 5 rings (SSSR count). The summed E-state index contributed by atoms with van der Waals surface area (Å²) in [5, 5.41) is 0. The molecule has 0 spiro atoms. The molecule has 2 aromatic heterocycles. The van der Waals surface area contributed by atoms with Crippen LogP contribution in [0.5, 0.6) is 5.75 Å². The van der Waals surface area contributed by atoms with Crippen molar-refractivity contribution in [2.24, 2.45) is 0 Å². The number of imidazole rings is 1. The van der Waals surface area contributed by atoms with Crippen molar-refractivity contribution in [2.75, 3.05) is 0 Å². The molecule has 33 heavy (non-hydrogen) atoms. The molecule has 162 valence electrons. The number of ether oxygens (including phenoxy) is 1. The van der Waals surface area contributed by atoms with Crippen molar-refractivity contribution in [3.8, 4) is 11.6 Å². The van der Waals surface area contributed by atoms with Crippen LogP contribution in [0.1, 0.15) is 21.5 Å². The second-order valence-corrected chi connectivity index (χ2v) is 7.24. The fraction of sp³-hybridized carbons (Fsp3) is 0.0400. The van der Waals surface area contributed by atoms with Gasteiger partial charge in [-0.05, 0) is 35.9 Å². The van der Waals surface area contributed by atoms with Crippen LogP contribution in [0.4, 0.5) is 8.78 Å². The summed E-state index contributed by atoms with van der Waals surface area (Å²) in [5.41, 5.74) is 1.16. The second-order valence-electron chi connectivity index (χ2n) is 7.24. The number of benzene rings is 3. The van der Waals surface area contributed by atoms with Gasteiger partial charge in [0, 0.05) is 18.0 Å². The first-order valence-electron chi connectivity index (χ1n) is 10.0. The molecule has 3 aromatic carbocycles. The van der Waals surface area contributed by atoms with Gasteiger partial charge >= 0.3 is 0 Å². The summed E-state index contributed by atoms with van der Waals surface area (Å²) in [5.74, 6) is -2.53. The molecule has 0 unspecified atom stereocenters. The number of ketones is 1. The van der Waals surface area contributed by atoms with E-state index >= 15 is 4.39 Å². The van der Waals surface area contributed by atoms with E-state index in [-0.39, 0.29) is 17.9 Å². The summed E-state index contributed by atoms with van der Waals surface area (Å²) in [6.07, 6.45) is 6.44. The Kier molecular flexibility index (Phi) is 5.32. The molecule has 5 aromatic rings. The molecular weight excluding hydrogens is 426 g/mol. The van der Waals surface area contributed by atoms with Gasteiger partial charge in [-0.2, -0.15) is 0 Å². The van der Waals surface area contributed by atoms with Gasteiger partial charge in [0.05, 0.1) is 22.8 Å². The first-order chi connectivity index (χ1) is 16.1. The van der Waals surface area contributed by atoms with Crippen LogP contribution in [-0.2, 0) is 6.61 Å². The first-order valence-corrected chi connectivity index (χ1v) is 10.0. The lowest BCUT2D eigenvalue weighted by atomic mass is 10.0. The summed E-state index contributed by atoms with van der Waals surface area (Å²) in [6, 6.07) is 15.9. The summed E-state index contributed by atoms with van der Waals surface area (Å²) < 4.78 is 36.8. The van der Waals surface area contributed by atoms with E-state index in [4.69, 9.17) is 4.74 Å². The minimum Gasteiger partial charge on any atom is -0.486 e. The molecule has 6 nitrogen and oxygen atoms in total. The Hall–Kier alpha value is -4.46. The third-order valence-corrected chi connectivity index (χ3v) is 5.08. The van der Waals surface area contributed by atoms with Crippen LogP contribution in [0.3, 0.4) is 0 Å². The van der Waals surface area contributed by atoms with E-state index in [9.17, 15) is 9.18 Å². The van der Waals surface area contributed by atoms with E-state index in [0.717, 1.165) is 11.6 Å². The standard InChI is InChI=1S/C25H16F2N4O2/c26-18-7-9-21(33-14-16-4-2-1-3-5-16)24(27)23(18)25(32)17-6-8-19-20(12-17)30-22(13-29-19)31-11-10-28-15-31/h1-13,15H,14H2. The second kappa shape index (κ2) is 8.58. The molecule has 0 saturated carbocycles. The van der Waals surface area contributed by atoms with E-state index in [1.54, 1.807) is 35.6 Å². The maximum absolute atomic E-state index is 15.1. The molecule has 0 radical (unpaired) electrons. The average Bonchev–Trinajstić information content (AvgIpc) is 3.38. The minimum atomic E-state index is -1.05. The highest BCUT2D eigenvalue weighted by Gasteiger charge is 2.23. The van der Waals surface area contributed by atoms with Crippen LogP contribution in [0.15, 0.2) is 85.6 Å². The molecule has 0 fully saturated rings. The fourth-order valence-corrected chi connectivity index (χ4v) is 3.39. The number of hydrogen-bond acceptors (Lipinski definition) is 5. The summed E-state index contributed by atoms with van der Waals surface area (Å²) in [4.78, 5) is 25.8. The number of carbonyl (C=O) groups excluding carboxylic acids is 1. The third kappa shape index (κ3) is 4.06. The highest BCUT2D eigenvalue weighted by atomic mass is 19.1. The summed E-state index contributed by atoms with van der Waals surface area (Å²) >= 11 is 0. The minimum absolute atomic E-state index is 0.0811. The molecule has 2 heterocycles. The predicted molar refractivity (Wildman–Crippen MR) is 117 cm³/mol. The number of fused-ring (bicyclic) bond motifs is 1. The summed E-state index contributed by atoms with van der Waals surface area (Å²) in [7, 11) is 0. The fourth-order valence-electron chi connectivity index (χ4n) is 3.39. The lowest BCUT2D eigenvalue weighted by molar-refractivity contribution is 0.103. The Bertz CT molecular complexity index is 1450. The molecule has 0 bridgehead atoms. The number of nitrogens with zero attached hydrogens (tertiary/aromatic N) is 4. The lowest BCUT2D eigenvalue weighted by Gasteiger charge is -2.11. The van der Waals surface area contributed by atoms with Gasteiger partial charge in [-0.25, -0.2) is 18.7 Å². The Morgan fingerprint density at radius 3 is 2.64 bits per heavy atom. The molecule has 0 atom stereocenters. The van der Waals surface area contributed by atoms with Crippen LogP contribution >= 0.6 is 0 Å².